The molecule has 4 nitrogen and oxygen atoms in total. The highest BCUT2D eigenvalue weighted by molar-refractivity contribution is 9.10. The maximum Gasteiger partial charge on any atom is 0.161 e. The molecule has 0 spiro atoms. The number of rotatable bonds is 7. The molecule has 0 unspecified atom stereocenters. The molecule has 0 saturated heterocycles. The fourth-order valence-corrected chi connectivity index (χ4v) is 1.99. The van der Waals surface area contributed by atoms with E-state index in [-0.39, 0.29) is 6.61 Å². The first-order valence-corrected chi connectivity index (χ1v) is 6.44. The number of methoxy groups -OCH3 is 1. The normalized spacial score (nSPS) is 10.4. The minimum absolute atomic E-state index is 0.187. The van der Waals surface area contributed by atoms with Gasteiger partial charge in [-0.3, -0.25) is 0 Å². The van der Waals surface area contributed by atoms with Gasteiger partial charge in [0.2, 0.25) is 0 Å². The van der Waals surface area contributed by atoms with E-state index in [1.54, 1.807) is 7.11 Å². The van der Waals surface area contributed by atoms with Crippen LogP contribution in [0, 0.1) is 0 Å². The van der Waals surface area contributed by atoms with Crippen molar-refractivity contribution in [2.75, 3.05) is 26.9 Å². The zero-order valence-corrected chi connectivity index (χ0v) is 11.8. The van der Waals surface area contributed by atoms with Crippen LogP contribution in [0.4, 0.5) is 0 Å². The second-order valence-corrected chi connectivity index (χ2v) is 4.39. The lowest BCUT2D eigenvalue weighted by atomic mass is 10.2. The van der Waals surface area contributed by atoms with Crippen molar-refractivity contribution in [1.82, 2.24) is 0 Å². The molecule has 0 heterocycles. The molecule has 0 aliphatic carbocycles. The highest BCUT2D eigenvalue weighted by Crippen LogP contribution is 2.33. The molecule has 1 aromatic carbocycles. The molecule has 0 aliphatic heterocycles. The molecule has 96 valence electrons. The third-order valence-corrected chi connectivity index (χ3v) is 3.07. The molecule has 0 atom stereocenters. The Balaban J connectivity index is 2.85. The van der Waals surface area contributed by atoms with Gasteiger partial charge in [-0.2, -0.15) is 0 Å². The number of hydrogen-bond donors (Lipinski definition) is 2. The standard InChI is InChI=1S/C12H18BrNO3/c1-3-17-12-6-9(8-14-4-5-15)10(13)7-11(12)16-2/h6-7,14-15H,3-5,8H2,1-2H3/p+1. The van der Waals surface area contributed by atoms with E-state index in [9.17, 15) is 0 Å². The monoisotopic (exact) mass is 304 g/mol. The molecule has 0 aliphatic rings. The number of hydrogen-bond acceptors (Lipinski definition) is 3. The van der Waals surface area contributed by atoms with Crippen molar-refractivity contribution in [3.63, 3.8) is 0 Å². The van der Waals surface area contributed by atoms with Gasteiger partial charge < -0.3 is 19.9 Å². The lowest BCUT2D eigenvalue weighted by Gasteiger charge is -2.12. The maximum absolute atomic E-state index is 8.75. The molecule has 0 amide bonds. The van der Waals surface area contributed by atoms with Gasteiger partial charge in [-0.1, -0.05) is 15.9 Å². The summed E-state index contributed by atoms with van der Waals surface area (Å²) in [5, 5.41) is 10.8. The first kappa shape index (κ1) is 14.3. The lowest BCUT2D eigenvalue weighted by molar-refractivity contribution is -0.671. The number of aliphatic hydroxyl groups excluding tert-OH is 1. The van der Waals surface area contributed by atoms with E-state index < -0.39 is 0 Å². The SMILES string of the molecule is CCOc1cc(C[NH2+]CCO)c(Br)cc1OC. The van der Waals surface area contributed by atoms with Gasteiger partial charge in [0.05, 0.1) is 26.9 Å². The summed E-state index contributed by atoms with van der Waals surface area (Å²) in [6, 6.07) is 3.88. The molecule has 0 radical (unpaired) electrons. The molecule has 0 bridgehead atoms. The number of aliphatic hydroxyl groups is 1. The Kier molecular flexibility index (Phi) is 6.32. The molecular formula is C12H19BrNO3+. The van der Waals surface area contributed by atoms with Crippen LogP contribution in [0.2, 0.25) is 0 Å². The Morgan fingerprint density at radius 1 is 1.35 bits per heavy atom. The molecule has 3 N–H and O–H groups in total. The van der Waals surface area contributed by atoms with Gasteiger partial charge in [-0.05, 0) is 19.1 Å². The van der Waals surface area contributed by atoms with Crippen LogP contribution in [0.3, 0.4) is 0 Å². The predicted molar refractivity (Wildman–Crippen MR) is 69.4 cm³/mol. The van der Waals surface area contributed by atoms with Crippen molar-refractivity contribution < 1.29 is 19.9 Å². The first-order valence-electron chi connectivity index (χ1n) is 5.64. The summed E-state index contributed by atoms with van der Waals surface area (Å²) in [5.41, 5.74) is 1.13. The maximum atomic E-state index is 8.75. The van der Waals surface area contributed by atoms with E-state index >= 15 is 0 Å². The van der Waals surface area contributed by atoms with Gasteiger partial charge in [0.1, 0.15) is 6.54 Å². The molecule has 5 heteroatoms. The number of quaternary nitrogens is 1. The highest BCUT2D eigenvalue weighted by Gasteiger charge is 2.10. The van der Waals surface area contributed by atoms with Gasteiger partial charge in [-0.25, -0.2) is 0 Å². The Morgan fingerprint density at radius 3 is 2.71 bits per heavy atom. The number of ether oxygens (including phenoxy) is 2. The fourth-order valence-electron chi connectivity index (χ4n) is 1.51. The Bertz CT molecular complexity index is 358. The zero-order chi connectivity index (χ0) is 12.7. The van der Waals surface area contributed by atoms with Crippen molar-refractivity contribution >= 4 is 15.9 Å². The second-order valence-electron chi connectivity index (χ2n) is 3.53. The lowest BCUT2D eigenvalue weighted by Crippen LogP contribution is -2.83. The number of halogens is 1. The van der Waals surface area contributed by atoms with Crippen LogP contribution < -0.4 is 14.8 Å². The molecule has 0 aromatic heterocycles. The van der Waals surface area contributed by atoms with Gasteiger partial charge in [-0.15, -0.1) is 0 Å². The fraction of sp³-hybridized carbons (Fsp3) is 0.500. The number of benzene rings is 1. The average molecular weight is 305 g/mol. The van der Waals surface area contributed by atoms with Gasteiger partial charge in [0.15, 0.2) is 11.5 Å². The first-order chi connectivity index (χ1) is 8.22. The Morgan fingerprint density at radius 2 is 2.12 bits per heavy atom. The van der Waals surface area contributed by atoms with E-state index in [0.29, 0.717) is 13.2 Å². The molecule has 17 heavy (non-hydrogen) atoms. The van der Waals surface area contributed by atoms with Crippen LogP contribution >= 0.6 is 15.9 Å². The predicted octanol–water partition coefficient (Wildman–Crippen LogP) is 0.912. The largest absolute Gasteiger partial charge is 0.493 e. The molecule has 0 saturated carbocycles. The van der Waals surface area contributed by atoms with Gasteiger partial charge in [0, 0.05) is 10.0 Å². The van der Waals surface area contributed by atoms with E-state index in [0.717, 1.165) is 28.1 Å². The summed E-state index contributed by atoms with van der Waals surface area (Å²) in [5.74, 6) is 1.48. The van der Waals surface area contributed by atoms with Crippen LogP contribution in [0.15, 0.2) is 16.6 Å². The van der Waals surface area contributed by atoms with E-state index in [1.807, 2.05) is 24.4 Å². The van der Waals surface area contributed by atoms with E-state index in [1.165, 1.54) is 0 Å². The van der Waals surface area contributed by atoms with Crippen LogP contribution in [0.5, 0.6) is 11.5 Å². The minimum atomic E-state index is 0.187. The summed E-state index contributed by atoms with van der Waals surface area (Å²) in [4.78, 5) is 0. The van der Waals surface area contributed by atoms with Crippen LogP contribution in [-0.4, -0.2) is 32.0 Å². The summed E-state index contributed by atoms with van der Waals surface area (Å²) in [7, 11) is 1.63. The van der Waals surface area contributed by atoms with Crippen molar-refractivity contribution in [3.05, 3.63) is 22.2 Å². The summed E-state index contributed by atoms with van der Waals surface area (Å²) in [6.45, 7) is 4.23. The van der Waals surface area contributed by atoms with Gasteiger partial charge in [0.25, 0.3) is 0 Å². The smallest absolute Gasteiger partial charge is 0.161 e. The molecule has 0 fully saturated rings. The van der Waals surface area contributed by atoms with Crippen molar-refractivity contribution in [3.8, 4) is 11.5 Å². The Labute approximate surface area is 110 Å². The molecule has 1 rings (SSSR count). The summed E-state index contributed by atoms with van der Waals surface area (Å²) < 4.78 is 11.8. The Hall–Kier alpha value is -0.780. The van der Waals surface area contributed by atoms with Crippen LogP contribution in [-0.2, 0) is 6.54 Å². The van der Waals surface area contributed by atoms with Crippen molar-refractivity contribution in [2.45, 2.75) is 13.5 Å². The third kappa shape index (κ3) is 4.18. The number of nitrogens with two attached hydrogens (primary N) is 1. The average Bonchev–Trinajstić information content (AvgIpc) is 2.33. The van der Waals surface area contributed by atoms with Crippen LogP contribution in [0.25, 0.3) is 0 Å². The summed E-state index contributed by atoms with van der Waals surface area (Å²) >= 11 is 3.51. The van der Waals surface area contributed by atoms with Crippen molar-refractivity contribution in [1.29, 1.82) is 0 Å². The molecule has 1 aromatic rings. The van der Waals surface area contributed by atoms with Crippen LogP contribution in [0.1, 0.15) is 12.5 Å². The quantitative estimate of drug-likeness (QED) is 0.736. The third-order valence-electron chi connectivity index (χ3n) is 2.33. The topological polar surface area (TPSA) is 55.3 Å². The van der Waals surface area contributed by atoms with Crippen molar-refractivity contribution in [2.24, 2.45) is 0 Å². The summed E-state index contributed by atoms with van der Waals surface area (Å²) in [6.07, 6.45) is 0. The second kappa shape index (κ2) is 7.53. The minimum Gasteiger partial charge on any atom is -0.493 e. The van der Waals surface area contributed by atoms with E-state index in [2.05, 4.69) is 15.9 Å². The zero-order valence-electron chi connectivity index (χ0n) is 10.2. The van der Waals surface area contributed by atoms with Gasteiger partial charge >= 0.3 is 0 Å². The van der Waals surface area contributed by atoms with E-state index in [4.69, 9.17) is 14.6 Å². The highest BCUT2D eigenvalue weighted by atomic mass is 79.9. The molecular weight excluding hydrogens is 286 g/mol.